The molecule has 1 unspecified atom stereocenters. The third kappa shape index (κ3) is 2.36. The highest BCUT2D eigenvalue weighted by Crippen LogP contribution is 2.29. The first-order valence-corrected chi connectivity index (χ1v) is 6.59. The van der Waals surface area contributed by atoms with Crippen LogP contribution in [0.2, 0.25) is 0 Å². The number of nitrogens with two attached hydrogens (primary N) is 1. The van der Waals surface area contributed by atoms with E-state index in [1.807, 2.05) is 28.9 Å². The average Bonchev–Trinajstić information content (AvgIpc) is 2.73. The molecule has 1 aromatic heterocycles. The number of benzene rings is 1. The van der Waals surface area contributed by atoms with Gasteiger partial charge in [-0.1, -0.05) is 19.1 Å². The third-order valence-electron chi connectivity index (χ3n) is 2.97. The number of ether oxygens (including phenoxy) is 1. The van der Waals surface area contributed by atoms with E-state index in [4.69, 9.17) is 10.5 Å². The summed E-state index contributed by atoms with van der Waals surface area (Å²) in [6.45, 7) is 2.12. The van der Waals surface area contributed by atoms with Gasteiger partial charge in [0.15, 0.2) is 0 Å². The maximum atomic E-state index is 6.00. The van der Waals surface area contributed by atoms with Gasteiger partial charge in [-0.3, -0.25) is 0 Å². The molecule has 0 bridgehead atoms. The van der Waals surface area contributed by atoms with Crippen molar-refractivity contribution in [3.05, 3.63) is 40.5 Å². The molecule has 0 aliphatic rings. The van der Waals surface area contributed by atoms with E-state index in [-0.39, 0.29) is 6.04 Å². The van der Waals surface area contributed by atoms with Crippen molar-refractivity contribution in [3.8, 4) is 5.75 Å². The lowest BCUT2D eigenvalue weighted by atomic mass is 10.0. The van der Waals surface area contributed by atoms with Crippen molar-refractivity contribution in [1.29, 1.82) is 0 Å². The SMILES string of the molecule is CCC(c1ccc(OC)cc1)n1ncc(Br)c1N. The minimum atomic E-state index is 0.141. The van der Waals surface area contributed by atoms with Crippen molar-refractivity contribution >= 4 is 21.7 Å². The Hall–Kier alpha value is -1.49. The zero-order valence-corrected chi connectivity index (χ0v) is 12.0. The molecule has 1 heterocycles. The van der Waals surface area contributed by atoms with Gasteiger partial charge in [-0.05, 0) is 40.0 Å². The van der Waals surface area contributed by atoms with Crippen molar-refractivity contribution < 1.29 is 4.74 Å². The van der Waals surface area contributed by atoms with Gasteiger partial charge in [0.2, 0.25) is 0 Å². The Balaban J connectivity index is 2.35. The molecule has 0 radical (unpaired) electrons. The Morgan fingerprint density at radius 1 is 1.39 bits per heavy atom. The van der Waals surface area contributed by atoms with Gasteiger partial charge in [-0.25, -0.2) is 4.68 Å². The highest BCUT2D eigenvalue weighted by molar-refractivity contribution is 9.10. The van der Waals surface area contributed by atoms with Gasteiger partial charge in [-0.15, -0.1) is 0 Å². The topological polar surface area (TPSA) is 53.1 Å². The molecule has 0 spiro atoms. The standard InChI is InChI=1S/C13H16BrN3O/c1-3-12(17-13(15)11(14)8-16-17)9-4-6-10(18-2)7-5-9/h4-8,12H,3,15H2,1-2H3. The molecule has 2 N–H and O–H groups in total. The zero-order valence-electron chi connectivity index (χ0n) is 10.4. The number of aromatic nitrogens is 2. The summed E-state index contributed by atoms with van der Waals surface area (Å²) in [7, 11) is 1.66. The van der Waals surface area contributed by atoms with Gasteiger partial charge in [0.25, 0.3) is 0 Å². The van der Waals surface area contributed by atoms with Crippen molar-refractivity contribution in [3.63, 3.8) is 0 Å². The fourth-order valence-electron chi connectivity index (χ4n) is 1.97. The van der Waals surface area contributed by atoms with Crippen LogP contribution in [0.1, 0.15) is 24.9 Å². The van der Waals surface area contributed by atoms with E-state index >= 15 is 0 Å². The molecule has 0 fully saturated rings. The van der Waals surface area contributed by atoms with Gasteiger partial charge >= 0.3 is 0 Å². The Kier molecular flexibility index (Phi) is 3.91. The summed E-state index contributed by atoms with van der Waals surface area (Å²) >= 11 is 3.38. The molecule has 0 aliphatic carbocycles. The Morgan fingerprint density at radius 3 is 2.50 bits per heavy atom. The summed E-state index contributed by atoms with van der Waals surface area (Å²) in [4.78, 5) is 0. The summed E-state index contributed by atoms with van der Waals surface area (Å²) in [5.41, 5.74) is 7.17. The lowest BCUT2D eigenvalue weighted by Crippen LogP contribution is -2.13. The van der Waals surface area contributed by atoms with Crippen LogP contribution in [0, 0.1) is 0 Å². The summed E-state index contributed by atoms with van der Waals surface area (Å²) in [6.07, 6.45) is 2.65. The van der Waals surface area contributed by atoms with Crippen molar-refractivity contribution in [2.45, 2.75) is 19.4 Å². The molecular formula is C13H16BrN3O. The largest absolute Gasteiger partial charge is 0.497 e. The van der Waals surface area contributed by atoms with E-state index in [1.165, 1.54) is 5.56 Å². The first-order chi connectivity index (χ1) is 8.67. The molecule has 1 atom stereocenters. The average molecular weight is 310 g/mol. The Morgan fingerprint density at radius 2 is 2.06 bits per heavy atom. The smallest absolute Gasteiger partial charge is 0.136 e. The van der Waals surface area contributed by atoms with Gasteiger partial charge in [0.05, 0.1) is 23.8 Å². The number of halogens is 1. The maximum absolute atomic E-state index is 6.00. The number of nitrogen functional groups attached to an aromatic ring is 1. The fourth-order valence-corrected chi connectivity index (χ4v) is 2.25. The second-order valence-electron chi connectivity index (χ2n) is 4.02. The van der Waals surface area contributed by atoms with E-state index < -0.39 is 0 Å². The highest BCUT2D eigenvalue weighted by atomic mass is 79.9. The van der Waals surface area contributed by atoms with Gasteiger partial charge in [0.1, 0.15) is 11.6 Å². The first kappa shape index (κ1) is 13.0. The molecule has 4 nitrogen and oxygen atoms in total. The highest BCUT2D eigenvalue weighted by Gasteiger charge is 2.16. The molecule has 96 valence electrons. The predicted octanol–water partition coefficient (Wildman–Crippen LogP) is 3.24. The maximum Gasteiger partial charge on any atom is 0.136 e. The third-order valence-corrected chi connectivity index (χ3v) is 3.58. The summed E-state index contributed by atoms with van der Waals surface area (Å²) < 4.78 is 7.83. The van der Waals surface area contributed by atoms with Crippen LogP contribution in [-0.4, -0.2) is 16.9 Å². The van der Waals surface area contributed by atoms with Crippen LogP contribution in [-0.2, 0) is 0 Å². The second-order valence-corrected chi connectivity index (χ2v) is 4.87. The van der Waals surface area contributed by atoms with Crippen molar-refractivity contribution in [2.24, 2.45) is 0 Å². The number of nitrogens with zero attached hydrogens (tertiary/aromatic N) is 2. The second kappa shape index (κ2) is 5.44. The Bertz CT molecular complexity index is 522. The summed E-state index contributed by atoms with van der Waals surface area (Å²) in [5.74, 6) is 1.50. The number of hydrogen-bond acceptors (Lipinski definition) is 3. The first-order valence-electron chi connectivity index (χ1n) is 5.79. The lowest BCUT2D eigenvalue weighted by Gasteiger charge is -2.18. The van der Waals surface area contributed by atoms with Crippen molar-refractivity contribution in [1.82, 2.24) is 9.78 Å². The number of hydrogen-bond donors (Lipinski definition) is 1. The van der Waals surface area contributed by atoms with Crippen LogP contribution in [0.25, 0.3) is 0 Å². The summed E-state index contributed by atoms with van der Waals surface area (Å²) in [6, 6.07) is 8.13. The molecule has 5 heteroatoms. The fraction of sp³-hybridized carbons (Fsp3) is 0.308. The minimum absolute atomic E-state index is 0.141. The van der Waals surface area contributed by atoms with Crippen LogP contribution in [0.4, 0.5) is 5.82 Å². The van der Waals surface area contributed by atoms with Crippen LogP contribution in [0.15, 0.2) is 34.9 Å². The van der Waals surface area contributed by atoms with E-state index in [2.05, 4.69) is 28.0 Å². The molecular weight excluding hydrogens is 294 g/mol. The Labute approximate surface area is 115 Å². The van der Waals surface area contributed by atoms with Gasteiger partial charge in [-0.2, -0.15) is 5.10 Å². The van der Waals surface area contributed by atoms with Crippen LogP contribution in [0.5, 0.6) is 5.75 Å². The molecule has 0 saturated heterocycles. The molecule has 18 heavy (non-hydrogen) atoms. The number of anilines is 1. The number of rotatable bonds is 4. The number of methoxy groups -OCH3 is 1. The van der Waals surface area contributed by atoms with Crippen LogP contribution in [0.3, 0.4) is 0 Å². The van der Waals surface area contributed by atoms with Crippen LogP contribution < -0.4 is 10.5 Å². The molecule has 1 aromatic carbocycles. The van der Waals surface area contributed by atoms with E-state index in [0.29, 0.717) is 5.82 Å². The molecule has 0 saturated carbocycles. The van der Waals surface area contributed by atoms with Crippen LogP contribution >= 0.6 is 15.9 Å². The monoisotopic (exact) mass is 309 g/mol. The summed E-state index contributed by atoms with van der Waals surface area (Å²) in [5, 5.41) is 4.32. The predicted molar refractivity (Wildman–Crippen MR) is 75.8 cm³/mol. The molecule has 2 rings (SSSR count). The lowest BCUT2D eigenvalue weighted by molar-refractivity contribution is 0.414. The van der Waals surface area contributed by atoms with Crippen molar-refractivity contribution in [2.75, 3.05) is 12.8 Å². The van der Waals surface area contributed by atoms with Gasteiger partial charge < -0.3 is 10.5 Å². The normalized spacial score (nSPS) is 12.4. The minimum Gasteiger partial charge on any atom is -0.497 e. The van der Waals surface area contributed by atoms with E-state index in [9.17, 15) is 0 Å². The van der Waals surface area contributed by atoms with Gasteiger partial charge in [0, 0.05) is 0 Å². The van der Waals surface area contributed by atoms with E-state index in [1.54, 1.807) is 13.3 Å². The molecule has 0 amide bonds. The quantitative estimate of drug-likeness (QED) is 0.943. The zero-order chi connectivity index (χ0) is 13.1. The van der Waals surface area contributed by atoms with E-state index in [0.717, 1.165) is 16.6 Å². The molecule has 0 aliphatic heterocycles. The molecule has 2 aromatic rings.